The molecule has 3 aromatic carbocycles. The molecule has 0 heterocycles. The van der Waals surface area contributed by atoms with Crippen molar-refractivity contribution in [1.29, 1.82) is 0 Å². The molecule has 3 aromatic rings. The van der Waals surface area contributed by atoms with Gasteiger partial charge < -0.3 is 0 Å². The fraction of sp³-hybridized carbons (Fsp3) is 0.308. The van der Waals surface area contributed by atoms with Crippen molar-refractivity contribution in [2.24, 2.45) is 0 Å². The Morgan fingerprint density at radius 2 is 1.23 bits per heavy atom. The van der Waals surface area contributed by atoms with E-state index in [9.17, 15) is 44.6 Å². The minimum atomic E-state index is -6.07. The van der Waals surface area contributed by atoms with Gasteiger partial charge in [-0.2, -0.15) is 0 Å². The quantitative estimate of drug-likeness (QED) is 0.113. The Morgan fingerprint density at radius 1 is 0.725 bits per heavy atom. The number of methoxy groups -OCH3 is 1. The summed E-state index contributed by atoms with van der Waals surface area (Å²) >= 11 is -2.21. The zero-order valence-electron chi connectivity index (χ0n) is 20.3. The van der Waals surface area contributed by atoms with Crippen LogP contribution in [0.3, 0.4) is 0 Å². The van der Waals surface area contributed by atoms with Crippen molar-refractivity contribution in [2.75, 3.05) is 13.9 Å². The Balaban J connectivity index is 2.29. The Hall–Kier alpha value is -1.95. The molecule has 0 aliphatic heterocycles. The number of halogens is 9. The summed E-state index contributed by atoms with van der Waals surface area (Å²) in [4.78, 5) is 0.224. The average molecular weight is 712 g/mol. The normalized spacial score (nSPS) is 15.5. The number of aliphatic hydroxyl groups is 1. The fourth-order valence-electron chi connectivity index (χ4n) is 3.77. The third-order valence-corrected chi connectivity index (χ3v) is 11.6. The van der Waals surface area contributed by atoms with Crippen LogP contribution in [0.25, 0.3) is 0 Å². The molecule has 0 amide bonds. The number of thioether (sulfide) groups is 1. The van der Waals surface area contributed by atoms with Crippen LogP contribution in [0.2, 0.25) is 0 Å². The third kappa shape index (κ3) is 6.42. The van der Waals surface area contributed by atoms with E-state index in [-0.39, 0.29) is 4.90 Å². The molecule has 0 spiro atoms. The maximum absolute atomic E-state index is 14.7. The van der Waals surface area contributed by atoms with Gasteiger partial charge in [-0.05, 0) is 0 Å². The second-order valence-corrected chi connectivity index (χ2v) is 13.6. The van der Waals surface area contributed by atoms with Gasteiger partial charge >= 0.3 is 238 Å². The number of hydrogen-bond donors (Lipinski definition) is 1. The average Bonchev–Trinajstić information content (AvgIpc) is 2.88. The Morgan fingerprint density at radius 3 is 1.73 bits per heavy atom. The van der Waals surface area contributed by atoms with Gasteiger partial charge in [-0.15, -0.1) is 0 Å². The van der Waals surface area contributed by atoms with Crippen molar-refractivity contribution < 1.29 is 54.1 Å². The molecule has 2 unspecified atom stereocenters. The van der Waals surface area contributed by atoms with Crippen molar-refractivity contribution >= 4 is 36.3 Å². The molecule has 0 fully saturated rings. The molecule has 0 aromatic heterocycles. The fourth-order valence-corrected chi connectivity index (χ4v) is 10.2. The van der Waals surface area contributed by atoms with Crippen molar-refractivity contribution in [2.45, 2.75) is 37.9 Å². The zero-order chi connectivity index (χ0) is 29.8. The van der Waals surface area contributed by atoms with Gasteiger partial charge in [-0.3, -0.25) is 0 Å². The third-order valence-electron chi connectivity index (χ3n) is 5.67. The van der Waals surface area contributed by atoms with E-state index < -0.39 is 75.5 Å². The first-order chi connectivity index (χ1) is 18.6. The maximum atomic E-state index is 14.7. The molecule has 14 heteroatoms. The summed E-state index contributed by atoms with van der Waals surface area (Å²) in [6.07, 6.45) is -17.5. The van der Waals surface area contributed by atoms with Crippen LogP contribution in [-0.2, 0) is 20.7 Å². The molecular weight excluding hydrogens is 691 g/mol. The SMILES string of the molecule is COCOC(c1ccccc1[Te]C(Sc1ccccc1)C(O)(c1ccccc1)C(F)(F)F)(C(F)(F)F)C(F)(F)F. The summed E-state index contributed by atoms with van der Waals surface area (Å²) in [5.74, 6) is 0. The molecule has 0 aliphatic rings. The monoisotopic (exact) mass is 714 g/mol. The van der Waals surface area contributed by atoms with Crippen molar-refractivity contribution in [3.05, 3.63) is 96.1 Å². The molecule has 0 saturated heterocycles. The molecule has 1 N–H and O–H groups in total. The van der Waals surface area contributed by atoms with Crippen molar-refractivity contribution in [3.63, 3.8) is 0 Å². The number of alkyl halides is 9. The van der Waals surface area contributed by atoms with Gasteiger partial charge in [-0.25, -0.2) is 0 Å². The van der Waals surface area contributed by atoms with Crippen LogP contribution in [-0.4, -0.2) is 61.8 Å². The van der Waals surface area contributed by atoms with Crippen molar-refractivity contribution in [1.82, 2.24) is 0 Å². The van der Waals surface area contributed by atoms with Gasteiger partial charge in [0, 0.05) is 0 Å². The van der Waals surface area contributed by atoms with E-state index in [4.69, 9.17) is 0 Å². The molecule has 0 saturated carbocycles. The second-order valence-electron chi connectivity index (χ2n) is 8.23. The second kappa shape index (κ2) is 12.5. The number of benzene rings is 3. The molecule has 218 valence electrons. The minimum absolute atomic E-state index is 0.224. The zero-order valence-corrected chi connectivity index (χ0v) is 23.5. The van der Waals surface area contributed by atoms with E-state index in [0.717, 1.165) is 37.4 Å². The van der Waals surface area contributed by atoms with Crippen LogP contribution in [0.4, 0.5) is 39.5 Å². The van der Waals surface area contributed by atoms with Crippen LogP contribution >= 0.6 is 11.8 Å². The van der Waals surface area contributed by atoms with E-state index in [1.807, 2.05) is 0 Å². The number of rotatable bonds is 10. The first-order valence-corrected chi connectivity index (χ1v) is 14.6. The van der Waals surface area contributed by atoms with Crippen LogP contribution in [0.1, 0.15) is 11.1 Å². The summed E-state index contributed by atoms with van der Waals surface area (Å²) in [5.41, 5.74) is -10.5. The molecule has 0 bridgehead atoms. The molecule has 2 atom stereocenters. The molecule has 0 radical (unpaired) electrons. The van der Waals surface area contributed by atoms with E-state index in [0.29, 0.717) is 17.8 Å². The Labute approximate surface area is 237 Å². The van der Waals surface area contributed by atoms with Gasteiger partial charge in [0.25, 0.3) is 0 Å². The molecule has 0 aliphatic carbocycles. The van der Waals surface area contributed by atoms with E-state index in [1.165, 1.54) is 42.5 Å². The Bertz CT molecular complexity index is 1220. The van der Waals surface area contributed by atoms with E-state index in [2.05, 4.69) is 9.47 Å². The van der Waals surface area contributed by atoms with Crippen LogP contribution < -0.4 is 3.61 Å². The summed E-state index contributed by atoms with van der Waals surface area (Å²) in [6.45, 7) is -1.41. The Kier molecular flexibility index (Phi) is 10.2. The molecule has 3 nitrogen and oxygen atoms in total. The van der Waals surface area contributed by atoms with Gasteiger partial charge in [0.2, 0.25) is 0 Å². The summed E-state index contributed by atoms with van der Waals surface area (Å²) < 4.78 is 136. The van der Waals surface area contributed by atoms with Crippen LogP contribution in [0, 0.1) is 0 Å². The van der Waals surface area contributed by atoms with Crippen LogP contribution in [0.15, 0.2) is 89.8 Å². The predicted molar refractivity (Wildman–Crippen MR) is 131 cm³/mol. The number of ether oxygens (including phenoxy) is 2. The summed E-state index contributed by atoms with van der Waals surface area (Å²) in [5, 5.41) is 11.3. The molecule has 40 heavy (non-hydrogen) atoms. The summed E-state index contributed by atoms with van der Waals surface area (Å²) in [7, 11) is 0.827. The van der Waals surface area contributed by atoms with E-state index >= 15 is 0 Å². The molecule has 3 rings (SSSR count). The molecular formula is C26H21F9O3STe. The topological polar surface area (TPSA) is 38.7 Å². The van der Waals surface area contributed by atoms with Gasteiger partial charge in [-0.1, -0.05) is 0 Å². The first-order valence-electron chi connectivity index (χ1n) is 11.2. The van der Waals surface area contributed by atoms with Gasteiger partial charge in [0.15, 0.2) is 0 Å². The first kappa shape index (κ1) is 32.6. The van der Waals surface area contributed by atoms with Gasteiger partial charge in [0.05, 0.1) is 0 Å². The van der Waals surface area contributed by atoms with Crippen molar-refractivity contribution in [3.8, 4) is 0 Å². The van der Waals surface area contributed by atoms with Gasteiger partial charge in [0.1, 0.15) is 0 Å². The standard InChI is InChI=1S/C26H21F9O3STe/c1-37-16-38-23(25(30,31)32,26(33,34)35)19-14-8-9-15-20(19)40-21(39-18-12-6-3-7-13-18)22(36,24(27,28)29)17-10-4-2-5-11-17/h2-15,21,36H,16H2,1H3. The van der Waals surface area contributed by atoms with Crippen LogP contribution in [0.5, 0.6) is 0 Å². The predicted octanol–water partition coefficient (Wildman–Crippen LogP) is 6.53. The number of hydrogen-bond acceptors (Lipinski definition) is 4. The summed E-state index contributed by atoms with van der Waals surface area (Å²) in [6, 6.07) is 16.8. The van der Waals surface area contributed by atoms with E-state index in [1.54, 1.807) is 6.07 Å².